The molecule has 150 valence electrons. The minimum Gasteiger partial charge on any atom is -0.363 e. The summed E-state index contributed by atoms with van der Waals surface area (Å²) in [5, 5.41) is 6.95. The van der Waals surface area contributed by atoms with Crippen LogP contribution in [0.3, 0.4) is 0 Å². The SMILES string of the molecule is C.CSC(NC1=C(C=O)CCNC1)N(C)C(c1ccccc1)c1ccccc1. The van der Waals surface area contributed by atoms with Crippen molar-refractivity contribution in [2.75, 3.05) is 26.4 Å². The van der Waals surface area contributed by atoms with Crippen LogP contribution >= 0.6 is 11.8 Å². The molecule has 2 aromatic carbocycles. The second kappa shape index (κ2) is 11.1. The largest absolute Gasteiger partial charge is 0.363 e. The van der Waals surface area contributed by atoms with Gasteiger partial charge in [0.1, 0.15) is 11.8 Å². The number of thioether (sulfide) groups is 1. The van der Waals surface area contributed by atoms with E-state index in [9.17, 15) is 4.79 Å². The molecule has 1 aliphatic rings. The first-order valence-electron chi connectivity index (χ1n) is 9.23. The van der Waals surface area contributed by atoms with Crippen molar-refractivity contribution in [2.45, 2.75) is 25.4 Å². The van der Waals surface area contributed by atoms with Crippen molar-refractivity contribution < 1.29 is 4.79 Å². The van der Waals surface area contributed by atoms with Crippen LogP contribution in [0.15, 0.2) is 71.9 Å². The molecule has 2 aromatic rings. The number of hydrogen-bond donors (Lipinski definition) is 2. The van der Waals surface area contributed by atoms with E-state index in [1.807, 2.05) is 12.1 Å². The van der Waals surface area contributed by atoms with Crippen LogP contribution in [0.4, 0.5) is 0 Å². The summed E-state index contributed by atoms with van der Waals surface area (Å²) in [6, 6.07) is 21.2. The van der Waals surface area contributed by atoms with E-state index in [0.29, 0.717) is 6.54 Å². The molecule has 1 aliphatic heterocycles. The minimum absolute atomic E-state index is 0. The lowest BCUT2D eigenvalue weighted by Crippen LogP contribution is -2.46. The molecule has 0 amide bonds. The van der Waals surface area contributed by atoms with Gasteiger partial charge in [-0.25, -0.2) is 0 Å². The molecular formula is C23H31N3OS. The number of benzene rings is 2. The Morgan fingerprint density at radius 2 is 1.64 bits per heavy atom. The van der Waals surface area contributed by atoms with E-state index in [-0.39, 0.29) is 19.0 Å². The molecule has 1 atom stereocenters. The third-order valence-electron chi connectivity index (χ3n) is 4.93. The molecule has 4 nitrogen and oxygen atoms in total. The Morgan fingerprint density at radius 1 is 1.07 bits per heavy atom. The van der Waals surface area contributed by atoms with E-state index in [4.69, 9.17) is 0 Å². The highest BCUT2D eigenvalue weighted by Gasteiger charge is 2.26. The monoisotopic (exact) mass is 397 g/mol. The smallest absolute Gasteiger partial charge is 0.147 e. The Balaban J connectivity index is 0.00000280. The molecule has 0 radical (unpaired) electrons. The molecule has 0 bridgehead atoms. The maximum atomic E-state index is 11.4. The van der Waals surface area contributed by atoms with Crippen LogP contribution in [0, 0.1) is 0 Å². The Kier molecular flexibility index (Phi) is 8.77. The van der Waals surface area contributed by atoms with Crippen LogP contribution in [-0.2, 0) is 4.79 Å². The van der Waals surface area contributed by atoms with Gasteiger partial charge in [0.25, 0.3) is 0 Å². The van der Waals surface area contributed by atoms with Crippen LogP contribution in [-0.4, -0.2) is 43.1 Å². The van der Waals surface area contributed by atoms with Crippen LogP contribution in [0.1, 0.15) is 31.0 Å². The molecule has 1 unspecified atom stereocenters. The van der Waals surface area contributed by atoms with E-state index in [2.05, 4.69) is 77.4 Å². The lowest BCUT2D eigenvalue weighted by atomic mass is 9.98. The van der Waals surface area contributed by atoms with Crippen LogP contribution in [0.2, 0.25) is 0 Å². The van der Waals surface area contributed by atoms with Crippen molar-refractivity contribution in [3.8, 4) is 0 Å². The molecule has 0 aliphatic carbocycles. The summed E-state index contributed by atoms with van der Waals surface area (Å²) < 4.78 is 0. The quantitative estimate of drug-likeness (QED) is 0.520. The van der Waals surface area contributed by atoms with Gasteiger partial charge in [0.05, 0.1) is 6.04 Å². The van der Waals surface area contributed by atoms with E-state index < -0.39 is 0 Å². The lowest BCUT2D eigenvalue weighted by molar-refractivity contribution is -0.105. The molecule has 2 N–H and O–H groups in total. The third kappa shape index (κ3) is 5.25. The molecule has 0 saturated heterocycles. The van der Waals surface area contributed by atoms with Gasteiger partial charge in [0.15, 0.2) is 0 Å². The van der Waals surface area contributed by atoms with Crippen LogP contribution in [0.5, 0.6) is 0 Å². The first-order valence-corrected chi connectivity index (χ1v) is 10.5. The van der Waals surface area contributed by atoms with Crippen molar-refractivity contribution in [2.24, 2.45) is 0 Å². The van der Waals surface area contributed by atoms with Gasteiger partial charge in [-0.1, -0.05) is 68.1 Å². The Hall–Kier alpha value is -2.08. The van der Waals surface area contributed by atoms with Crippen molar-refractivity contribution in [1.29, 1.82) is 0 Å². The lowest BCUT2D eigenvalue weighted by Gasteiger charge is -2.37. The van der Waals surface area contributed by atoms with Gasteiger partial charge < -0.3 is 10.6 Å². The fourth-order valence-electron chi connectivity index (χ4n) is 3.52. The van der Waals surface area contributed by atoms with Crippen molar-refractivity contribution in [3.05, 3.63) is 83.1 Å². The number of carbonyl (C=O) groups excluding carboxylic acids is 1. The normalized spacial score (nSPS) is 15.3. The van der Waals surface area contributed by atoms with Crippen LogP contribution < -0.4 is 10.6 Å². The molecule has 0 fully saturated rings. The second-order valence-electron chi connectivity index (χ2n) is 6.67. The first-order chi connectivity index (χ1) is 13.2. The van der Waals surface area contributed by atoms with E-state index in [1.165, 1.54) is 11.1 Å². The van der Waals surface area contributed by atoms with E-state index >= 15 is 0 Å². The average Bonchev–Trinajstić information content (AvgIpc) is 2.74. The molecule has 5 heteroatoms. The fourth-order valence-corrected chi connectivity index (χ4v) is 4.23. The van der Waals surface area contributed by atoms with Gasteiger partial charge in [0, 0.05) is 17.8 Å². The van der Waals surface area contributed by atoms with Crippen molar-refractivity contribution in [1.82, 2.24) is 15.5 Å². The van der Waals surface area contributed by atoms with Crippen LogP contribution in [0.25, 0.3) is 0 Å². The Morgan fingerprint density at radius 3 is 2.14 bits per heavy atom. The van der Waals surface area contributed by atoms with Crippen molar-refractivity contribution in [3.63, 3.8) is 0 Å². The summed E-state index contributed by atoms with van der Waals surface area (Å²) in [7, 11) is 2.14. The van der Waals surface area contributed by atoms with Gasteiger partial charge in [-0.3, -0.25) is 9.69 Å². The van der Waals surface area contributed by atoms with Crippen molar-refractivity contribution >= 4 is 18.0 Å². The second-order valence-corrected chi connectivity index (χ2v) is 7.59. The Labute approximate surface area is 173 Å². The maximum absolute atomic E-state index is 11.4. The maximum Gasteiger partial charge on any atom is 0.147 e. The highest BCUT2D eigenvalue weighted by molar-refractivity contribution is 7.99. The summed E-state index contributed by atoms with van der Waals surface area (Å²) in [6.07, 6.45) is 3.86. The summed E-state index contributed by atoms with van der Waals surface area (Å²) in [4.78, 5) is 13.8. The summed E-state index contributed by atoms with van der Waals surface area (Å²) in [5.41, 5.74) is 4.41. The highest BCUT2D eigenvalue weighted by Crippen LogP contribution is 2.31. The number of nitrogens with one attached hydrogen (secondary N) is 2. The van der Waals surface area contributed by atoms with Gasteiger partial charge in [0.2, 0.25) is 0 Å². The summed E-state index contributed by atoms with van der Waals surface area (Å²) >= 11 is 1.74. The molecule has 3 rings (SSSR count). The van der Waals surface area contributed by atoms with Gasteiger partial charge in [-0.2, -0.15) is 0 Å². The number of carbonyl (C=O) groups is 1. The van der Waals surface area contributed by atoms with Gasteiger partial charge >= 0.3 is 0 Å². The third-order valence-corrected chi connectivity index (χ3v) is 5.83. The predicted octanol–water partition coefficient (Wildman–Crippen LogP) is 4.03. The number of rotatable bonds is 8. The molecule has 0 aromatic heterocycles. The van der Waals surface area contributed by atoms with E-state index in [1.54, 1.807) is 11.8 Å². The first kappa shape index (κ1) is 22.2. The number of aldehydes is 1. The average molecular weight is 398 g/mol. The molecule has 0 saturated carbocycles. The topological polar surface area (TPSA) is 44.4 Å². The standard InChI is InChI=1S/C22H27N3OS.CH4/c1-25(22(27-2)24-20-15-23-14-13-19(20)16-26)21(17-9-5-3-6-10-17)18-11-7-4-8-12-18;/h3-12,16,21-24H,13-15H2,1-2H3;1H4. The molecular weight excluding hydrogens is 366 g/mol. The zero-order valence-corrected chi connectivity index (χ0v) is 16.7. The van der Waals surface area contributed by atoms with E-state index in [0.717, 1.165) is 30.5 Å². The number of hydrogen-bond acceptors (Lipinski definition) is 5. The Bertz CT molecular complexity index is 724. The predicted molar refractivity (Wildman–Crippen MR) is 120 cm³/mol. The van der Waals surface area contributed by atoms with Gasteiger partial charge in [-0.05, 0) is 37.4 Å². The highest BCUT2D eigenvalue weighted by atomic mass is 32.2. The molecule has 0 spiro atoms. The number of nitrogens with zero attached hydrogens (tertiary/aromatic N) is 1. The summed E-state index contributed by atoms with van der Waals surface area (Å²) in [5.74, 6) is 0. The zero-order valence-electron chi connectivity index (χ0n) is 15.9. The summed E-state index contributed by atoms with van der Waals surface area (Å²) in [6.45, 7) is 1.57. The minimum atomic E-state index is 0. The zero-order chi connectivity index (χ0) is 19.1. The molecule has 28 heavy (non-hydrogen) atoms. The molecule has 1 heterocycles. The fraction of sp³-hybridized carbons (Fsp3) is 0.348. The van der Waals surface area contributed by atoms with Gasteiger partial charge in [-0.15, -0.1) is 11.8 Å².